The van der Waals surface area contributed by atoms with E-state index in [2.05, 4.69) is 4.98 Å². The van der Waals surface area contributed by atoms with Crippen molar-refractivity contribution >= 4 is 5.69 Å². The number of aliphatic hydroxyl groups excluding tert-OH is 2. The highest BCUT2D eigenvalue weighted by atomic mass is 16.6. The van der Waals surface area contributed by atoms with Crippen molar-refractivity contribution in [1.82, 2.24) is 9.55 Å². The van der Waals surface area contributed by atoms with Crippen molar-refractivity contribution in [2.24, 2.45) is 0 Å². The lowest BCUT2D eigenvalue weighted by Gasteiger charge is -2.28. The zero-order valence-electron chi connectivity index (χ0n) is 12.1. The van der Waals surface area contributed by atoms with Crippen molar-refractivity contribution < 1.29 is 19.7 Å². The summed E-state index contributed by atoms with van der Waals surface area (Å²) in [6.07, 6.45) is -2.60. The molecule has 0 spiro atoms. The van der Waals surface area contributed by atoms with Crippen LogP contribution >= 0.6 is 0 Å². The number of hydrogen-bond donors (Lipinski definition) is 3. The molecular weight excluding hydrogens is 294 g/mol. The third kappa shape index (κ3) is 2.56. The SMILES string of the molecule is C[C@H]1O[C@@H](n2cc(N3CCOCC3)c(=O)[nH]c2=O)[C@H](O)[C@@H]1O. The first kappa shape index (κ1) is 15.2. The van der Waals surface area contributed by atoms with Crippen LogP contribution in [0.3, 0.4) is 0 Å². The molecule has 22 heavy (non-hydrogen) atoms. The number of rotatable bonds is 2. The van der Waals surface area contributed by atoms with Gasteiger partial charge < -0.3 is 24.6 Å². The molecule has 0 unspecified atom stereocenters. The topological polar surface area (TPSA) is 117 Å². The Morgan fingerprint density at radius 3 is 2.50 bits per heavy atom. The fourth-order valence-electron chi connectivity index (χ4n) is 2.75. The number of anilines is 1. The molecular formula is C13H19N3O6. The standard InChI is InChI=1S/C13H19N3O6/c1-7-9(17)10(18)12(22-7)16-6-8(11(19)14-13(16)20)15-2-4-21-5-3-15/h6-7,9-10,12,17-18H,2-5H2,1H3,(H,14,19,20)/t7-,9-,10-,12-/m1/s1. The fourth-order valence-corrected chi connectivity index (χ4v) is 2.75. The van der Waals surface area contributed by atoms with Gasteiger partial charge in [-0.1, -0.05) is 0 Å². The number of nitrogens with one attached hydrogen (secondary N) is 1. The van der Waals surface area contributed by atoms with E-state index in [-0.39, 0.29) is 0 Å². The van der Waals surface area contributed by atoms with Crippen LogP contribution in [-0.2, 0) is 9.47 Å². The second-order valence-electron chi connectivity index (χ2n) is 5.49. The molecule has 4 atom stereocenters. The highest BCUT2D eigenvalue weighted by Gasteiger charge is 2.42. The third-order valence-corrected chi connectivity index (χ3v) is 4.05. The lowest BCUT2D eigenvalue weighted by atomic mass is 10.1. The van der Waals surface area contributed by atoms with Gasteiger partial charge in [-0.05, 0) is 6.92 Å². The largest absolute Gasteiger partial charge is 0.388 e. The number of morpholine rings is 1. The van der Waals surface area contributed by atoms with Gasteiger partial charge in [-0.2, -0.15) is 0 Å². The number of ether oxygens (including phenoxy) is 2. The second kappa shape index (κ2) is 5.84. The van der Waals surface area contributed by atoms with E-state index in [0.717, 1.165) is 4.57 Å². The van der Waals surface area contributed by atoms with E-state index >= 15 is 0 Å². The van der Waals surface area contributed by atoms with Crippen LogP contribution in [0.15, 0.2) is 15.8 Å². The predicted octanol–water partition coefficient (Wildman–Crippen LogP) is -1.99. The Kier molecular flexibility index (Phi) is 4.04. The van der Waals surface area contributed by atoms with E-state index in [9.17, 15) is 19.8 Å². The normalized spacial score (nSPS) is 32.4. The molecule has 0 aliphatic carbocycles. The third-order valence-electron chi connectivity index (χ3n) is 4.05. The number of hydrogen-bond acceptors (Lipinski definition) is 7. The van der Waals surface area contributed by atoms with E-state index in [4.69, 9.17) is 9.47 Å². The van der Waals surface area contributed by atoms with Crippen LogP contribution in [0.4, 0.5) is 5.69 Å². The number of nitrogens with zero attached hydrogens (tertiary/aromatic N) is 2. The molecule has 1 aromatic rings. The van der Waals surface area contributed by atoms with Crippen LogP contribution in [-0.4, -0.2) is 64.4 Å². The average molecular weight is 313 g/mol. The average Bonchev–Trinajstić information content (AvgIpc) is 2.76. The Morgan fingerprint density at radius 2 is 1.91 bits per heavy atom. The van der Waals surface area contributed by atoms with Crippen LogP contribution in [0.25, 0.3) is 0 Å². The summed E-state index contributed by atoms with van der Waals surface area (Å²) in [7, 11) is 0. The molecule has 2 aliphatic rings. The van der Waals surface area contributed by atoms with Gasteiger partial charge in [0.1, 0.15) is 17.9 Å². The first-order valence-electron chi connectivity index (χ1n) is 7.19. The summed E-state index contributed by atoms with van der Waals surface area (Å²) >= 11 is 0. The predicted molar refractivity (Wildman–Crippen MR) is 76.0 cm³/mol. The minimum Gasteiger partial charge on any atom is -0.388 e. The molecule has 2 aliphatic heterocycles. The zero-order valence-corrected chi connectivity index (χ0v) is 12.1. The molecule has 3 N–H and O–H groups in total. The molecule has 9 nitrogen and oxygen atoms in total. The maximum Gasteiger partial charge on any atom is 0.330 e. The summed E-state index contributed by atoms with van der Waals surface area (Å²) in [5.41, 5.74) is -0.871. The Labute approximate surface area is 125 Å². The molecule has 2 saturated heterocycles. The highest BCUT2D eigenvalue weighted by molar-refractivity contribution is 5.42. The second-order valence-corrected chi connectivity index (χ2v) is 5.49. The highest BCUT2D eigenvalue weighted by Crippen LogP contribution is 2.28. The van der Waals surface area contributed by atoms with Gasteiger partial charge in [-0.15, -0.1) is 0 Å². The molecule has 3 heterocycles. The number of aromatic nitrogens is 2. The van der Waals surface area contributed by atoms with Gasteiger partial charge in [0.25, 0.3) is 5.56 Å². The maximum absolute atomic E-state index is 12.0. The molecule has 1 aromatic heterocycles. The van der Waals surface area contributed by atoms with Crippen molar-refractivity contribution in [2.75, 3.05) is 31.2 Å². The van der Waals surface area contributed by atoms with Gasteiger partial charge in [-0.3, -0.25) is 14.3 Å². The van der Waals surface area contributed by atoms with Crippen LogP contribution in [0.5, 0.6) is 0 Å². The Morgan fingerprint density at radius 1 is 1.23 bits per heavy atom. The summed E-state index contributed by atoms with van der Waals surface area (Å²) in [5, 5.41) is 19.8. The van der Waals surface area contributed by atoms with Gasteiger partial charge in [0.05, 0.1) is 19.3 Å². The molecule has 9 heteroatoms. The van der Waals surface area contributed by atoms with E-state index < -0.39 is 35.8 Å². The first-order chi connectivity index (χ1) is 10.5. The van der Waals surface area contributed by atoms with Crippen LogP contribution in [0.2, 0.25) is 0 Å². The van der Waals surface area contributed by atoms with Crippen molar-refractivity contribution in [3.63, 3.8) is 0 Å². The van der Waals surface area contributed by atoms with E-state index in [1.807, 2.05) is 0 Å². The van der Waals surface area contributed by atoms with Crippen LogP contribution < -0.4 is 16.1 Å². The summed E-state index contributed by atoms with van der Waals surface area (Å²) in [5.74, 6) is 0. The fraction of sp³-hybridized carbons (Fsp3) is 0.692. The van der Waals surface area contributed by atoms with E-state index in [0.29, 0.717) is 32.0 Å². The van der Waals surface area contributed by atoms with Crippen molar-refractivity contribution in [3.8, 4) is 0 Å². The van der Waals surface area contributed by atoms with E-state index in [1.54, 1.807) is 11.8 Å². The molecule has 0 amide bonds. The quantitative estimate of drug-likeness (QED) is 0.579. The minimum atomic E-state index is -1.24. The van der Waals surface area contributed by atoms with Gasteiger partial charge in [0.2, 0.25) is 0 Å². The molecule has 0 radical (unpaired) electrons. The molecule has 0 bridgehead atoms. The lowest BCUT2D eigenvalue weighted by Crippen LogP contribution is -2.43. The Hall–Kier alpha value is -1.68. The molecule has 3 rings (SSSR count). The summed E-state index contributed by atoms with van der Waals surface area (Å²) in [6, 6.07) is 0. The first-order valence-corrected chi connectivity index (χ1v) is 7.19. The summed E-state index contributed by atoms with van der Waals surface area (Å²) < 4.78 is 11.8. The van der Waals surface area contributed by atoms with Crippen LogP contribution in [0, 0.1) is 0 Å². The summed E-state index contributed by atoms with van der Waals surface area (Å²) in [4.78, 5) is 28.1. The van der Waals surface area contributed by atoms with Crippen molar-refractivity contribution in [3.05, 3.63) is 27.0 Å². The lowest BCUT2D eigenvalue weighted by molar-refractivity contribution is -0.0350. The zero-order chi connectivity index (χ0) is 15.9. The monoisotopic (exact) mass is 313 g/mol. The van der Waals surface area contributed by atoms with Crippen LogP contribution in [0.1, 0.15) is 13.2 Å². The van der Waals surface area contributed by atoms with E-state index in [1.165, 1.54) is 6.20 Å². The van der Waals surface area contributed by atoms with Gasteiger partial charge in [0, 0.05) is 19.3 Å². The minimum absolute atomic E-state index is 0.313. The Balaban J connectivity index is 1.98. The van der Waals surface area contributed by atoms with Crippen molar-refractivity contribution in [2.45, 2.75) is 31.5 Å². The molecule has 2 fully saturated rings. The van der Waals surface area contributed by atoms with Gasteiger partial charge in [-0.25, -0.2) is 4.79 Å². The molecule has 0 saturated carbocycles. The van der Waals surface area contributed by atoms with Gasteiger partial charge >= 0.3 is 5.69 Å². The maximum atomic E-state index is 12.0. The number of aromatic amines is 1. The summed E-state index contributed by atoms with van der Waals surface area (Å²) in [6.45, 7) is 3.67. The molecule has 122 valence electrons. The van der Waals surface area contributed by atoms with Gasteiger partial charge in [0.15, 0.2) is 6.23 Å². The smallest absolute Gasteiger partial charge is 0.330 e. The number of aliphatic hydroxyl groups is 2. The number of H-pyrrole nitrogens is 1. The Bertz CT molecular complexity index is 650. The molecule has 0 aromatic carbocycles. The van der Waals surface area contributed by atoms with Crippen molar-refractivity contribution in [1.29, 1.82) is 0 Å².